The Bertz CT molecular complexity index is 1180. The molecule has 0 aliphatic rings. The smallest absolute Gasteiger partial charge is 0.416 e. The van der Waals surface area contributed by atoms with Crippen molar-refractivity contribution >= 4 is 40.9 Å². The molecule has 3 rings (SSSR count). The van der Waals surface area contributed by atoms with Crippen LogP contribution in [0.25, 0.3) is 17.4 Å². The second kappa shape index (κ2) is 8.66. The largest absolute Gasteiger partial charge is 0.457 e. The molecule has 0 fully saturated rings. The van der Waals surface area contributed by atoms with Gasteiger partial charge in [-0.15, -0.1) is 0 Å². The van der Waals surface area contributed by atoms with Gasteiger partial charge in [-0.1, -0.05) is 35.3 Å². The lowest BCUT2D eigenvalue weighted by molar-refractivity contribution is -0.137. The third kappa shape index (κ3) is 5.03. The molecule has 30 heavy (non-hydrogen) atoms. The lowest BCUT2D eigenvalue weighted by Crippen LogP contribution is -2.13. The molecule has 0 radical (unpaired) electrons. The Hall–Kier alpha value is -3.21. The monoisotopic (exact) mass is 450 g/mol. The van der Waals surface area contributed by atoms with Crippen LogP contribution >= 0.6 is 23.2 Å². The summed E-state index contributed by atoms with van der Waals surface area (Å²) in [7, 11) is 0. The molecule has 0 aliphatic heterocycles. The third-order valence-electron chi connectivity index (χ3n) is 3.93. The molecule has 1 heterocycles. The van der Waals surface area contributed by atoms with Crippen molar-refractivity contribution in [3.63, 3.8) is 0 Å². The van der Waals surface area contributed by atoms with Crippen molar-refractivity contribution in [1.82, 2.24) is 0 Å². The standard InChI is InChI=1S/C21H11Cl2F3N2O2/c22-15-4-6-18(17(23)10-15)28-20(29)13(11-27)9-16-5-7-19(30-16)12-2-1-3-14(8-12)21(24,25)26/h1-10H,(H,28,29)/b13-9+. The highest BCUT2D eigenvalue weighted by molar-refractivity contribution is 6.36. The quantitative estimate of drug-likeness (QED) is 0.350. The maximum Gasteiger partial charge on any atom is 0.416 e. The van der Waals surface area contributed by atoms with E-state index < -0.39 is 17.6 Å². The number of nitriles is 1. The van der Waals surface area contributed by atoms with Crippen LogP contribution in [0.5, 0.6) is 0 Å². The van der Waals surface area contributed by atoms with E-state index in [1.807, 2.05) is 0 Å². The molecule has 152 valence electrons. The fourth-order valence-corrected chi connectivity index (χ4v) is 2.96. The average Bonchev–Trinajstić information content (AvgIpc) is 3.16. The van der Waals surface area contributed by atoms with Gasteiger partial charge in [-0.2, -0.15) is 18.4 Å². The molecule has 9 heteroatoms. The minimum absolute atomic E-state index is 0.122. The van der Waals surface area contributed by atoms with Gasteiger partial charge in [0.05, 0.1) is 16.3 Å². The van der Waals surface area contributed by atoms with E-state index in [0.29, 0.717) is 5.02 Å². The summed E-state index contributed by atoms with van der Waals surface area (Å²) >= 11 is 11.8. The lowest BCUT2D eigenvalue weighted by Gasteiger charge is -2.07. The van der Waals surface area contributed by atoms with Crippen molar-refractivity contribution in [1.29, 1.82) is 5.26 Å². The molecule has 0 atom stereocenters. The molecule has 0 saturated carbocycles. The summed E-state index contributed by atoms with van der Waals surface area (Å²) in [5, 5.41) is 12.4. The van der Waals surface area contributed by atoms with Gasteiger partial charge in [-0.05, 0) is 42.5 Å². The van der Waals surface area contributed by atoms with E-state index >= 15 is 0 Å². The van der Waals surface area contributed by atoms with Crippen molar-refractivity contribution in [2.45, 2.75) is 6.18 Å². The highest BCUT2D eigenvalue weighted by Gasteiger charge is 2.30. The van der Waals surface area contributed by atoms with Gasteiger partial charge in [0.1, 0.15) is 23.2 Å². The van der Waals surface area contributed by atoms with E-state index in [-0.39, 0.29) is 33.4 Å². The Labute approximate surface area is 179 Å². The summed E-state index contributed by atoms with van der Waals surface area (Å²) in [5.41, 5.74) is -0.631. The molecule has 1 amide bonds. The number of nitrogens with one attached hydrogen (secondary N) is 1. The number of alkyl halides is 3. The zero-order chi connectivity index (χ0) is 21.9. The molecular weight excluding hydrogens is 440 g/mol. The first-order valence-electron chi connectivity index (χ1n) is 8.33. The number of benzene rings is 2. The third-order valence-corrected chi connectivity index (χ3v) is 4.48. The van der Waals surface area contributed by atoms with E-state index in [9.17, 15) is 23.2 Å². The Kier molecular flexibility index (Phi) is 6.20. The van der Waals surface area contributed by atoms with Crippen LogP contribution in [0.3, 0.4) is 0 Å². The van der Waals surface area contributed by atoms with Crippen LogP contribution < -0.4 is 5.32 Å². The SMILES string of the molecule is N#C/C(=C\c1ccc(-c2cccc(C(F)(F)F)c2)o1)C(=O)Nc1ccc(Cl)cc1Cl. The van der Waals surface area contributed by atoms with Crippen molar-refractivity contribution in [2.24, 2.45) is 0 Å². The molecule has 1 aromatic heterocycles. The first-order chi connectivity index (χ1) is 14.2. The number of nitrogens with zero attached hydrogens (tertiary/aromatic N) is 1. The molecule has 0 spiro atoms. The van der Waals surface area contributed by atoms with Gasteiger partial charge in [-0.25, -0.2) is 0 Å². The van der Waals surface area contributed by atoms with E-state index in [2.05, 4.69) is 5.32 Å². The Morgan fingerprint density at radius 3 is 2.53 bits per heavy atom. The van der Waals surface area contributed by atoms with Crippen LogP contribution in [0.4, 0.5) is 18.9 Å². The van der Waals surface area contributed by atoms with Gasteiger partial charge in [0.25, 0.3) is 5.91 Å². The highest BCUT2D eigenvalue weighted by atomic mass is 35.5. The number of hydrogen-bond donors (Lipinski definition) is 1. The van der Waals surface area contributed by atoms with Crippen molar-refractivity contribution in [3.8, 4) is 17.4 Å². The van der Waals surface area contributed by atoms with E-state index in [1.54, 1.807) is 6.07 Å². The molecule has 0 saturated heterocycles. The van der Waals surface area contributed by atoms with Gasteiger partial charge in [0.15, 0.2) is 0 Å². The van der Waals surface area contributed by atoms with Crippen molar-refractivity contribution in [3.05, 3.63) is 81.5 Å². The number of rotatable bonds is 4. The number of halogens is 5. The number of furan rings is 1. The molecule has 3 aromatic rings. The first kappa shape index (κ1) is 21.5. The molecule has 0 unspecified atom stereocenters. The maximum atomic E-state index is 12.9. The first-order valence-corrected chi connectivity index (χ1v) is 9.08. The second-order valence-electron chi connectivity index (χ2n) is 6.03. The summed E-state index contributed by atoms with van der Waals surface area (Å²) < 4.78 is 44.2. The molecular formula is C21H11Cl2F3N2O2. The normalized spacial score (nSPS) is 11.8. The summed E-state index contributed by atoms with van der Waals surface area (Å²) in [6.07, 6.45) is -3.31. The summed E-state index contributed by atoms with van der Waals surface area (Å²) in [4.78, 5) is 12.4. The Morgan fingerprint density at radius 1 is 1.10 bits per heavy atom. The Balaban J connectivity index is 1.83. The van der Waals surface area contributed by atoms with Gasteiger partial charge < -0.3 is 9.73 Å². The highest BCUT2D eigenvalue weighted by Crippen LogP contribution is 2.33. The zero-order valence-corrected chi connectivity index (χ0v) is 16.4. The summed E-state index contributed by atoms with van der Waals surface area (Å²) in [5.74, 6) is -0.458. The number of hydrogen-bond acceptors (Lipinski definition) is 3. The van der Waals surface area contributed by atoms with E-state index in [1.165, 1.54) is 48.5 Å². The van der Waals surface area contributed by atoms with Gasteiger partial charge in [-0.3, -0.25) is 4.79 Å². The van der Waals surface area contributed by atoms with E-state index in [4.69, 9.17) is 27.6 Å². The maximum absolute atomic E-state index is 12.9. The van der Waals surface area contributed by atoms with E-state index in [0.717, 1.165) is 12.1 Å². The van der Waals surface area contributed by atoms with Crippen LogP contribution in [0.15, 0.2) is 64.6 Å². The minimum atomic E-state index is -4.49. The van der Waals surface area contributed by atoms with Crippen LogP contribution in [-0.4, -0.2) is 5.91 Å². The van der Waals surface area contributed by atoms with Gasteiger partial charge in [0.2, 0.25) is 0 Å². The van der Waals surface area contributed by atoms with Gasteiger partial charge >= 0.3 is 6.18 Å². The molecule has 0 aliphatic carbocycles. The number of carbonyl (C=O) groups is 1. The molecule has 4 nitrogen and oxygen atoms in total. The fourth-order valence-electron chi connectivity index (χ4n) is 2.51. The van der Waals surface area contributed by atoms with Crippen LogP contribution in [-0.2, 0) is 11.0 Å². The topological polar surface area (TPSA) is 66.0 Å². The summed E-state index contributed by atoms with van der Waals surface area (Å²) in [6.45, 7) is 0. The lowest BCUT2D eigenvalue weighted by atomic mass is 10.1. The number of anilines is 1. The minimum Gasteiger partial charge on any atom is -0.457 e. The average molecular weight is 451 g/mol. The molecule has 2 aromatic carbocycles. The fraction of sp³-hybridized carbons (Fsp3) is 0.0476. The van der Waals surface area contributed by atoms with Crippen LogP contribution in [0, 0.1) is 11.3 Å². The Morgan fingerprint density at radius 2 is 1.87 bits per heavy atom. The number of amides is 1. The second-order valence-corrected chi connectivity index (χ2v) is 6.87. The van der Waals surface area contributed by atoms with Crippen molar-refractivity contribution in [2.75, 3.05) is 5.32 Å². The van der Waals surface area contributed by atoms with Crippen molar-refractivity contribution < 1.29 is 22.4 Å². The van der Waals surface area contributed by atoms with Gasteiger partial charge in [0, 0.05) is 16.7 Å². The zero-order valence-electron chi connectivity index (χ0n) is 14.9. The van der Waals surface area contributed by atoms with Crippen LogP contribution in [0.2, 0.25) is 10.0 Å². The summed E-state index contributed by atoms with van der Waals surface area (Å²) in [6, 6.07) is 13.7. The molecule has 1 N–H and O–H groups in total. The predicted octanol–water partition coefficient (Wildman–Crippen LogP) is 6.82. The predicted molar refractivity (Wildman–Crippen MR) is 108 cm³/mol. The molecule has 0 bridgehead atoms. The van der Waals surface area contributed by atoms with Crippen LogP contribution in [0.1, 0.15) is 11.3 Å². The number of carbonyl (C=O) groups excluding carboxylic acids is 1.